The lowest BCUT2D eigenvalue weighted by atomic mass is 9.98. The van der Waals surface area contributed by atoms with Crippen molar-refractivity contribution in [2.45, 2.75) is 18.9 Å². The second kappa shape index (κ2) is 6.65. The first-order valence-electron chi connectivity index (χ1n) is 6.86. The largest absolute Gasteiger partial charge is 0.486 e. The van der Waals surface area contributed by atoms with E-state index in [1.165, 1.54) is 7.11 Å². The minimum atomic E-state index is -1.01. The summed E-state index contributed by atoms with van der Waals surface area (Å²) >= 11 is 0. The van der Waals surface area contributed by atoms with Crippen LogP contribution in [0.2, 0.25) is 0 Å². The lowest BCUT2D eigenvalue weighted by Gasteiger charge is -2.28. The molecule has 1 aliphatic heterocycles. The molecule has 1 aliphatic rings. The van der Waals surface area contributed by atoms with E-state index in [0.29, 0.717) is 30.3 Å². The van der Waals surface area contributed by atoms with Crippen LogP contribution in [0.25, 0.3) is 0 Å². The van der Waals surface area contributed by atoms with Crippen LogP contribution in [0.5, 0.6) is 11.5 Å². The number of amides is 1. The monoisotopic (exact) mass is 309 g/mol. The number of rotatable bonds is 6. The van der Waals surface area contributed by atoms with Crippen molar-refractivity contribution in [2.75, 3.05) is 26.9 Å². The summed E-state index contributed by atoms with van der Waals surface area (Å²) in [7, 11) is 1.45. The summed E-state index contributed by atoms with van der Waals surface area (Å²) in [5.74, 6) is -0.307. The van der Waals surface area contributed by atoms with Crippen molar-refractivity contribution in [1.29, 1.82) is 0 Å². The third kappa shape index (κ3) is 3.88. The van der Waals surface area contributed by atoms with Gasteiger partial charge in [0.2, 0.25) is 0 Å². The van der Waals surface area contributed by atoms with Crippen LogP contribution in [-0.4, -0.2) is 49.5 Å². The Balaban J connectivity index is 2.14. The smallest absolute Gasteiger partial charge is 0.305 e. The van der Waals surface area contributed by atoms with E-state index in [9.17, 15) is 9.59 Å². The number of carboxylic acid groups (broad SMARTS) is 1. The molecule has 120 valence electrons. The van der Waals surface area contributed by atoms with Gasteiger partial charge in [0, 0.05) is 12.7 Å². The fraction of sp³-hybridized carbons (Fsp3) is 0.467. The Morgan fingerprint density at radius 2 is 2.00 bits per heavy atom. The summed E-state index contributed by atoms with van der Waals surface area (Å²) in [6.07, 6.45) is -0.239. The maximum absolute atomic E-state index is 12.3. The quantitative estimate of drug-likeness (QED) is 0.816. The van der Waals surface area contributed by atoms with Crippen LogP contribution < -0.4 is 14.8 Å². The zero-order valence-electron chi connectivity index (χ0n) is 12.5. The van der Waals surface area contributed by atoms with E-state index in [4.69, 9.17) is 19.3 Å². The number of aliphatic carboxylic acids is 1. The van der Waals surface area contributed by atoms with Crippen molar-refractivity contribution in [2.24, 2.45) is 0 Å². The fourth-order valence-electron chi connectivity index (χ4n) is 2.31. The SMILES string of the molecule is COCC(C)(CC(=O)O)NC(=O)c1ccc2c(c1)OCCO2. The molecule has 7 heteroatoms. The van der Waals surface area contributed by atoms with E-state index < -0.39 is 17.4 Å². The van der Waals surface area contributed by atoms with Gasteiger partial charge in [-0.2, -0.15) is 0 Å². The highest BCUT2D eigenvalue weighted by molar-refractivity contribution is 5.95. The van der Waals surface area contributed by atoms with E-state index in [0.717, 1.165) is 0 Å². The van der Waals surface area contributed by atoms with E-state index in [-0.39, 0.29) is 13.0 Å². The predicted molar refractivity (Wildman–Crippen MR) is 77.4 cm³/mol. The lowest BCUT2D eigenvalue weighted by molar-refractivity contribution is -0.139. The van der Waals surface area contributed by atoms with E-state index in [2.05, 4.69) is 5.32 Å². The number of fused-ring (bicyclic) bond motifs is 1. The molecule has 1 aromatic carbocycles. The number of benzene rings is 1. The molecule has 0 spiro atoms. The molecule has 1 heterocycles. The molecular weight excluding hydrogens is 290 g/mol. The van der Waals surface area contributed by atoms with E-state index in [1.54, 1.807) is 25.1 Å². The third-order valence-corrected chi connectivity index (χ3v) is 3.22. The van der Waals surface area contributed by atoms with Crippen LogP contribution in [-0.2, 0) is 9.53 Å². The summed E-state index contributed by atoms with van der Waals surface area (Å²) in [6, 6.07) is 4.85. The summed E-state index contributed by atoms with van der Waals surface area (Å²) in [6.45, 7) is 2.62. The van der Waals surface area contributed by atoms with Crippen LogP contribution in [0.15, 0.2) is 18.2 Å². The molecule has 22 heavy (non-hydrogen) atoms. The summed E-state index contributed by atoms with van der Waals surface area (Å²) < 4.78 is 15.8. The topological polar surface area (TPSA) is 94.1 Å². The Morgan fingerprint density at radius 1 is 1.32 bits per heavy atom. The van der Waals surface area contributed by atoms with Gasteiger partial charge in [0.15, 0.2) is 11.5 Å². The van der Waals surface area contributed by atoms with Gasteiger partial charge in [-0.15, -0.1) is 0 Å². The molecule has 0 saturated heterocycles. The Morgan fingerprint density at radius 3 is 2.64 bits per heavy atom. The van der Waals surface area contributed by atoms with Crippen molar-refractivity contribution in [1.82, 2.24) is 5.32 Å². The van der Waals surface area contributed by atoms with Gasteiger partial charge in [0.1, 0.15) is 13.2 Å². The molecule has 1 aromatic rings. The van der Waals surface area contributed by atoms with Gasteiger partial charge in [-0.3, -0.25) is 9.59 Å². The first-order chi connectivity index (χ1) is 10.4. The molecule has 0 bridgehead atoms. The molecule has 0 fully saturated rings. The fourth-order valence-corrected chi connectivity index (χ4v) is 2.31. The van der Waals surface area contributed by atoms with Crippen LogP contribution >= 0.6 is 0 Å². The Labute approximate surface area is 128 Å². The number of ether oxygens (including phenoxy) is 3. The van der Waals surface area contributed by atoms with Gasteiger partial charge in [-0.25, -0.2) is 0 Å². The zero-order chi connectivity index (χ0) is 16.2. The standard InChI is InChI=1S/C15H19NO6/c1-15(9-20-2,8-13(17)18)16-14(19)10-3-4-11-12(7-10)22-6-5-21-11/h3-4,7H,5-6,8-9H2,1-2H3,(H,16,19)(H,17,18). The van der Waals surface area contributed by atoms with E-state index >= 15 is 0 Å². The van der Waals surface area contributed by atoms with Gasteiger partial charge < -0.3 is 24.6 Å². The normalized spacial score (nSPS) is 15.7. The van der Waals surface area contributed by atoms with Crippen LogP contribution in [0.1, 0.15) is 23.7 Å². The molecule has 0 radical (unpaired) electrons. The van der Waals surface area contributed by atoms with Crippen LogP contribution in [0.3, 0.4) is 0 Å². The summed E-state index contributed by atoms with van der Waals surface area (Å²) in [4.78, 5) is 23.3. The van der Waals surface area contributed by atoms with Crippen molar-refractivity contribution in [3.05, 3.63) is 23.8 Å². The molecule has 2 N–H and O–H groups in total. The molecule has 0 saturated carbocycles. The highest BCUT2D eigenvalue weighted by Gasteiger charge is 2.30. The van der Waals surface area contributed by atoms with Gasteiger partial charge in [0.25, 0.3) is 5.91 Å². The number of carbonyl (C=O) groups excluding carboxylic acids is 1. The van der Waals surface area contributed by atoms with Crippen molar-refractivity contribution >= 4 is 11.9 Å². The zero-order valence-corrected chi connectivity index (χ0v) is 12.5. The van der Waals surface area contributed by atoms with Crippen LogP contribution in [0.4, 0.5) is 0 Å². The number of methoxy groups -OCH3 is 1. The van der Waals surface area contributed by atoms with E-state index in [1.807, 2.05) is 0 Å². The summed E-state index contributed by atoms with van der Waals surface area (Å²) in [5.41, 5.74) is -0.623. The number of carbonyl (C=O) groups is 2. The maximum Gasteiger partial charge on any atom is 0.305 e. The van der Waals surface area contributed by atoms with Crippen molar-refractivity contribution in [3.8, 4) is 11.5 Å². The molecule has 7 nitrogen and oxygen atoms in total. The van der Waals surface area contributed by atoms with Gasteiger partial charge in [-0.1, -0.05) is 0 Å². The van der Waals surface area contributed by atoms with Crippen LogP contribution in [0, 0.1) is 0 Å². The number of hydrogen-bond acceptors (Lipinski definition) is 5. The highest BCUT2D eigenvalue weighted by Crippen LogP contribution is 2.30. The van der Waals surface area contributed by atoms with Crippen molar-refractivity contribution in [3.63, 3.8) is 0 Å². The van der Waals surface area contributed by atoms with Crippen molar-refractivity contribution < 1.29 is 28.9 Å². The average molecular weight is 309 g/mol. The number of hydrogen-bond donors (Lipinski definition) is 2. The molecule has 1 atom stereocenters. The minimum Gasteiger partial charge on any atom is -0.486 e. The molecule has 1 amide bonds. The number of nitrogens with one attached hydrogen (secondary N) is 1. The first-order valence-corrected chi connectivity index (χ1v) is 6.86. The first kappa shape index (κ1) is 16.1. The molecular formula is C15H19NO6. The Kier molecular flexibility index (Phi) is 4.87. The predicted octanol–water partition coefficient (Wildman–Crippen LogP) is 1.07. The Hall–Kier alpha value is -2.28. The second-order valence-electron chi connectivity index (χ2n) is 5.38. The molecule has 0 aromatic heterocycles. The highest BCUT2D eigenvalue weighted by atomic mass is 16.6. The number of carboxylic acids is 1. The molecule has 1 unspecified atom stereocenters. The van der Waals surface area contributed by atoms with Gasteiger partial charge in [0.05, 0.1) is 18.6 Å². The Bertz CT molecular complexity index is 573. The second-order valence-corrected chi connectivity index (χ2v) is 5.38. The molecule has 0 aliphatic carbocycles. The third-order valence-electron chi connectivity index (χ3n) is 3.22. The maximum atomic E-state index is 12.3. The average Bonchev–Trinajstić information content (AvgIpc) is 2.45. The molecule has 2 rings (SSSR count). The summed E-state index contributed by atoms with van der Waals surface area (Å²) in [5, 5.41) is 11.7. The van der Waals surface area contributed by atoms with Gasteiger partial charge >= 0.3 is 5.97 Å². The van der Waals surface area contributed by atoms with Gasteiger partial charge in [-0.05, 0) is 25.1 Å². The lowest BCUT2D eigenvalue weighted by Crippen LogP contribution is -2.50. The minimum absolute atomic E-state index is 0.0928.